The van der Waals surface area contributed by atoms with Crippen molar-refractivity contribution in [3.05, 3.63) is 28.8 Å². The summed E-state index contributed by atoms with van der Waals surface area (Å²) < 4.78 is 5.15. The minimum Gasteiger partial charge on any atom is -0.506 e. The Morgan fingerprint density at radius 1 is 1.53 bits per heavy atom. The smallest absolute Gasteiger partial charge is 0.251 e. The van der Waals surface area contributed by atoms with Crippen LogP contribution in [0, 0.1) is 0 Å². The molecule has 1 amide bonds. The minimum absolute atomic E-state index is 0.0282. The second kappa shape index (κ2) is 7.14. The Labute approximate surface area is 106 Å². The molecule has 2 N–H and O–H groups in total. The van der Waals surface area contributed by atoms with Gasteiger partial charge in [0.25, 0.3) is 5.91 Å². The van der Waals surface area contributed by atoms with Crippen molar-refractivity contribution < 1.29 is 14.6 Å². The number of ether oxygens (including phenoxy) is 1. The number of benzene rings is 1. The number of phenols is 1. The van der Waals surface area contributed by atoms with Gasteiger partial charge in [-0.2, -0.15) is 0 Å². The van der Waals surface area contributed by atoms with E-state index in [0.29, 0.717) is 25.3 Å². The van der Waals surface area contributed by atoms with Gasteiger partial charge in [-0.3, -0.25) is 4.79 Å². The molecular formula is C12H16ClNO3. The van der Waals surface area contributed by atoms with E-state index in [2.05, 4.69) is 5.32 Å². The van der Waals surface area contributed by atoms with Gasteiger partial charge in [-0.15, -0.1) is 0 Å². The molecule has 94 valence electrons. The summed E-state index contributed by atoms with van der Waals surface area (Å²) in [6.45, 7) is 3.79. The Balaban J connectivity index is 2.39. The van der Waals surface area contributed by atoms with Gasteiger partial charge < -0.3 is 15.2 Å². The van der Waals surface area contributed by atoms with Crippen LogP contribution in [0.2, 0.25) is 5.02 Å². The lowest BCUT2D eigenvalue weighted by molar-refractivity contribution is 0.0944. The monoisotopic (exact) mass is 257 g/mol. The van der Waals surface area contributed by atoms with Crippen molar-refractivity contribution >= 4 is 17.5 Å². The van der Waals surface area contributed by atoms with Crippen LogP contribution in [0.15, 0.2) is 18.2 Å². The molecule has 1 aromatic carbocycles. The highest BCUT2D eigenvalue weighted by Crippen LogP contribution is 2.23. The zero-order valence-corrected chi connectivity index (χ0v) is 10.5. The van der Waals surface area contributed by atoms with Gasteiger partial charge >= 0.3 is 0 Å². The van der Waals surface area contributed by atoms with Gasteiger partial charge in [0.2, 0.25) is 0 Å². The van der Waals surface area contributed by atoms with Gasteiger partial charge in [0, 0.05) is 25.3 Å². The van der Waals surface area contributed by atoms with Crippen molar-refractivity contribution in [2.45, 2.75) is 13.3 Å². The quantitative estimate of drug-likeness (QED) is 0.768. The van der Waals surface area contributed by atoms with Crippen LogP contribution < -0.4 is 5.32 Å². The predicted octanol–water partition coefficient (Wildman–Crippen LogP) is 2.20. The van der Waals surface area contributed by atoms with Gasteiger partial charge in [-0.05, 0) is 31.5 Å². The van der Waals surface area contributed by atoms with E-state index in [-0.39, 0.29) is 16.7 Å². The molecule has 0 radical (unpaired) electrons. The number of carbonyl (C=O) groups is 1. The first-order valence-corrected chi connectivity index (χ1v) is 5.87. The predicted molar refractivity (Wildman–Crippen MR) is 66.6 cm³/mol. The van der Waals surface area contributed by atoms with Gasteiger partial charge in [0.05, 0.1) is 5.02 Å². The van der Waals surface area contributed by atoms with Crippen molar-refractivity contribution in [1.82, 2.24) is 5.32 Å². The Hall–Kier alpha value is -1.26. The molecule has 0 fully saturated rings. The third-order valence-corrected chi connectivity index (χ3v) is 2.47. The maximum Gasteiger partial charge on any atom is 0.251 e. The summed E-state index contributed by atoms with van der Waals surface area (Å²) in [5.74, 6) is -0.233. The molecule has 0 aliphatic heterocycles. The van der Waals surface area contributed by atoms with Gasteiger partial charge in [-0.25, -0.2) is 0 Å². The normalized spacial score (nSPS) is 10.2. The molecule has 0 bridgehead atoms. The fourth-order valence-electron chi connectivity index (χ4n) is 1.27. The molecule has 0 aliphatic carbocycles. The first kappa shape index (κ1) is 13.8. The SMILES string of the molecule is CCOCCCNC(=O)c1ccc(O)c(Cl)c1. The maximum absolute atomic E-state index is 11.6. The van der Waals surface area contributed by atoms with Crippen LogP contribution in [-0.2, 0) is 4.74 Å². The molecule has 17 heavy (non-hydrogen) atoms. The summed E-state index contributed by atoms with van der Waals surface area (Å²) in [4.78, 5) is 11.6. The summed E-state index contributed by atoms with van der Waals surface area (Å²) in [6.07, 6.45) is 0.769. The van der Waals surface area contributed by atoms with Gasteiger partial charge in [0.1, 0.15) is 5.75 Å². The number of hydrogen-bond donors (Lipinski definition) is 2. The summed E-state index contributed by atoms with van der Waals surface area (Å²) in [6, 6.07) is 4.37. The van der Waals surface area contributed by atoms with Crippen molar-refractivity contribution in [3.63, 3.8) is 0 Å². The molecule has 0 atom stereocenters. The number of aromatic hydroxyl groups is 1. The number of nitrogens with one attached hydrogen (secondary N) is 1. The molecule has 0 saturated heterocycles. The largest absolute Gasteiger partial charge is 0.506 e. The molecule has 1 aromatic rings. The third-order valence-electron chi connectivity index (χ3n) is 2.17. The van der Waals surface area contributed by atoms with E-state index in [9.17, 15) is 9.90 Å². The maximum atomic E-state index is 11.6. The number of rotatable bonds is 6. The highest BCUT2D eigenvalue weighted by molar-refractivity contribution is 6.32. The van der Waals surface area contributed by atoms with Crippen molar-refractivity contribution in [2.24, 2.45) is 0 Å². The lowest BCUT2D eigenvalue weighted by Crippen LogP contribution is -2.25. The van der Waals surface area contributed by atoms with Gasteiger partial charge in [-0.1, -0.05) is 11.6 Å². The lowest BCUT2D eigenvalue weighted by Gasteiger charge is -2.06. The molecule has 0 aromatic heterocycles. The topological polar surface area (TPSA) is 58.6 Å². The standard InChI is InChI=1S/C12H16ClNO3/c1-2-17-7-3-6-14-12(16)9-4-5-11(15)10(13)8-9/h4-5,8,15H,2-3,6-7H2,1H3,(H,14,16). The van der Waals surface area contributed by atoms with E-state index in [1.54, 1.807) is 0 Å². The zero-order valence-electron chi connectivity index (χ0n) is 9.70. The van der Waals surface area contributed by atoms with Gasteiger partial charge in [0.15, 0.2) is 0 Å². The van der Waals surface area contributed by atoms with Crippen molar-refractivity contribution in [2.75, 3.05) is 19.8 Å². The van der Waals surface area contributed by atoms with E-state index in [1.807, 2.05) is 6.92 Å². The van der Waals surface area contributed by atoms with Crippen LogP contribution in [0.1, 0.15) is 23.7 Å². The molecule has 0 heterocycles. The highest BCUT2D eigenvalue weighted by atomic mass is 35.5. The first-order chi connectivity index (χ1) is 8.15. The summed E-state index contributed by atoms with van der Waals surface area (Å²) >= 11 is 5.71. The highest BCUT2D eigenvalue weighted by Gasteiger charge is 2.07. The number of hydrogen-bond acceptors (Lipinski definition) is 3. The second-order valence-electron chi connectivity index (χ2n) is 3.47. The minimum atomic E-state index is -0.205. The van der Waals surface area contributed by atoms with Crippen LogP contribution in [0.3, 0.4) is 0 Å². The van der Waals surface area contributed by atoms with E-state index in [0.717, 1.165) is 6.42 Å². The van der Waals surface area contributed by atoms with Crippen LogP contribution in [-0.4, -0.2) is 30.8 Å². The Kier molecular flexibility index (Phi) is 5.80. The molecule has 5 heteroatoms. The zero-order chi connectivity index (χ0) is 12.7. The molecule has 0 aliphatic rings. The fraction of sp³-hybridized carbons (Fsp3) is 0.417. The second-order valence-corrected chi connectivity index (χ2v) is 3.88. The van der Waals surface area contributed by atoms with Crippen LogP contribution >= 0.6 is 11.6 Å². The summed E-state index contributed by atoms with van der Waals surface area (Å²) in [7, 11) is 0. The molecule has 0 spiro atoms. The van der Waals surface area contributed by atoms with E-state index in [4.69, 9.17) is 16.3 Å². The van der Waals surface area contributed by atoms with Crippen molar-refractivity contribution in [1.29, 1.82) is 0 Å². The number of amides is 1. The average molecular weight is 258 g/mol. The van der Waals surface area contributed by atoms with E-state index < -0.39 is 0 Å². The Bertz CT molecular complexity index is 382. The van der Waals surface area contributed by atoms with E-state index in [1.165, 1.54) is 18.2 Å². The first-order valence-electron chi connectivity index (χ1n) is 5.49. The lowest BCUT2D eigenvalue weighted by atomic mass is 10.2. The molecule has 0 unspecified atom stereocenters. The van der Waals surface area contributed by atoms with Crippen LogP contribution in [0.4, 0.5) is 0 Å². The average Bonchev–Trinajstić information content (AvgIpc) is 2.32. The third kappa shape index (κ3) is 4.63. The summed E-state index contributed by atoms with van der Waals surface area (Å²) in [5.41, 5.74) is 0.434. The molecular weight excluding hydrogens is 242 g/mol. The summed E-state index contributed by atoms with van der Waals surface area (Å²) in [5, 5.41) is 12.1. The van der Waals surface area contributed by atoms with Crippen molar-refractivity contribution in [3.8, 4) is 5.75 Å². The van der Waals surface area contributed by atoms with E-state index >= 15 is 0 Å². The molecule has 1 rings (SSSR count). The number of carbonyl (C=O) groups excluding carboxylic acids is 1. The molecule has 0 saturated carbocycles. The molecule has 4 nitrogen and oxygen atoms in total. The number of halogens is 1. The Morgan fingerprint density at radius 3 is 2.94 bits per heavy atom. The van der Waals surface area contributed by atoms with Crippen LogP contribution in [0.25, 0.3) is 0 Å². The Morgan fingerprint density at radius 2 is 2.29 bits per heavy atom. The van der Waals surface area contributed by atoms with Crippen LogP contribution in [0.5, 0.6) is 5.75 Å². The fourth-order valence-corrected chi connectivity index (χ4v) is 1.45. The number of phenolic OH excluding ortho intramolecular Hbond substituents is 1.